The minimum Gasteiger partial charge on any atom is -0.473 e. The second kappa shape index (κ2) is 6.08. The Morgan fingerprint density at radius 2 is 2.05 bits per heavy atom. The molecule has 1 aromatic heterocycles. The Bertz CT molecular complexity index is 419. The highest BCUT2D eigenvalue weighted by Gasteiger charge is 2.20. The van der Waals surface area contributed by atoms with Gasteiger partial charge in [0.1, 0.15) is 11.7 Å². The first-order valence-electron chi connectivity index (χ1n) is 6.68. The average molecular weight is 268 g/mol. The SMILES string of the molecule is CCC(Oc1ccn(C(=O)OC(C)(C)C)n1)C(C)C. The summed E-state index contributed by atoms with van der Waals surface area (Å²) in [6.07, 6.45) is 2.05. The Balaban J connectivity index is 2.69. The highest BCUT2D eigenvalue weighted by atomic mass is 16.6. The van der Waals surface area contributed by atoms with E-state index in [1.165, 1.54) is 0 Å². The molecule has 0 aliphatic carbocycles. The first kappa shape index (κ1) is 15.5. The third kappa shape index (κ3) is 4.93. The molecule has 0 N–H and O–H groups in total. The van der Waals surface area contributed by atoms with Gasteiger partial charge in [-0.3, -0.25) is 0 Å². The number of aromatic nitrogens is 2. The first-order valence-corrected chi connectivity index (χ1v) is 6.68. The average Bonchev–Trinajstić information content (AvgIpc) is 2.71. The van der Waals surface area contributed by atoms with Gasteiger partial charge in [0, 0.05) is 12.3 Å². The lowest BCUT2D eigenvalue weighted by molar-refractivity contribution is 0.0508. The van der Waals surface area contributed by atoms with Gasteiger partial charge in [-0.1, -0.05) is 20.8 Å². The zero-order chi connectivity index (χ0) is 14.6. The van der Waals surface area contributed by atoms with Crippen molar-refractivity contribution in [3.63, 3.8) is 0 Å². The molecular weight excluding hydrogens is 244 g/mol. The van der Waals surface area contributed by atoms with Crippen LogP contribution in [-0.2, 0) is 4.74 Å². The molecule has 0 aliphatic heterocycles. The van der Waals surface area contributed by atoms with Gasteiger partial charge in [0.25, 0.3) is 0 Å². The fourth-order valence-electron chi connectivity index (χ4n) is 1.63. The Morgan fingerprint density at radius 3 is 2.53 bits per heavy atom. The minimum atomic E-state index is -0.534. The molecule has 19 heavy (non-hydrogen) atoms. The van der Waals surface area contributed by atoms with Crippen LogP contribution in [0.4, 0.5) is 4.79 Å². The lowest BCUT2D eigenvalue weighted by atomic mass is 10.1. The van der Waals surface area contributed by atoms with E-state index in [2.05, 4.69) is 25.9 Å². The van der Waals surface area contributed by atoms with E-state index in [0.717, 1.165) is 11.1 Å². The molecule has 1 atom stereocenters. The number of hydrogen-bond acceptors (Lipinski definition) is 4. The van der Waals surface area contributed by atoms with Crippen LogP contribution in [0.2, 0.25) is 0 Å². The van der Waals surface area contributed by atoms with E-state index < -0.39 is 11.7 Å². The summed E-state index contributed by atoms with van der Waals surface area (Å²) >= 11 is 0. The van der Waals surface area contributed by atoms with Crippen molar-refractivity contribution in [1.82, 2.24) is 9.78 Å². The second-order valence-electron chi connectivity index (χ2n) is 5.89. The van der Waals surface area contributed by atoms with Crippen LogP contribution in [0.1, 0.15) is 48.0 Å². The summed E-state index contributed by atoms with van der Waals surface area (Å²) in [4.78, 5) is 11.8. The number of carbonyl (C=O) groups is 1. The highest BCUT2D eigenvalue weighted by Crippen LogP contribution is 2.16. The summed E-state index contributed by atoms with van der Waals surface area (Å²) in [5.74, 6) is 0.850. The van der Waals surface area contributed by atoms with Gasteiger partial charge >= 0.3 is 6.09 Å². The molecular formula is C14H24N2O3. The summed E-state index contributed by atoms with van der Waals surface area (Å²) in [7, 11) is 0. The van der Waals surface area contributed by atoms with Crippen molar-refractivity contribution >= 4 is 6.09 Å². The summed E-state index contributed by atoms with van der Waals surface area (Å²) < 4.78 is 12.1. The maximum atomic E-state index is 11.8. The first-order chi connectivity index (χ1) is 8.73. The van der Waals surface area contributed by atoms with Gasteiger partial charge in [-0.15, -0.1) is 5.10 Å². The van der Waals surface area contributed by atoms with Crippen molar-refractivity contribution in [2.45, 2.75) is 59.7 Å². The van der Waals surface area contributed by atoms with Gasteiger partial charge in [-0.2, -0.15) is 4.68 Å². The molecule has 1 rings (SSSR count). The van der Waals surface area contributed by atoms with E-state index in [-0.39, 0.29) is 6.10 Å². The lowest BCUT2D eigenvalue weighted by Gasteiger charge is -2.19. The fourth-order valence-corrected chi connectivity index (χ4v) is 1.63. The number of hydrogen-bond donors (Lipinski definition) is 0. The summed E-state index contributed by atoms with van der Waals surface area (Å²) in [5.41, 5.74) is -0.534. The highest BCUT2D eigenvalue weighted by molar-refractivity contribution is 5.69. The van der Waals surface area contributed by atoms with Crippen LogP contribution < -0.4 is 4.74 Å². The topological polar surface area (TPSA) is 53.4 Å². The van der Waals surface area contributed by atoms with Gasteiger partial charge in [-0.25, -0.2) is 4.79 Å². The number of rotatable bonds is 4. The van der Waals surface area contributed by atoms with Crippen molar-refractivity contribution in [1.29, 1.82) is 0 Å². The van der Waals surface area contributed by atoms with Crippen LogP contribution in [0.15, 0.2) is 12.3 Å². The molecule has 0 aliphatic rings. The van der Waals surface area contributed by atoms with Crippen molar-refractivity contribution in [3.05, 3.63) is 12.3 Å². The van der Waals surface area contributed by atoms with Crippen molar-refractivity contribution in [2.75, 3.05) is 0 Å². The molecule has 5 heteroatoms. The quantitative estimate of drug-likeness (QED) is 0.839. The molecule has 1 heterocycles. The number of ether oxygens (including phenoxy) is 2. The van der Waals surface area contributed by atoms with Gasteiger partial charge < -0.3 is 9.47 Å². The van der Waals surface area contributed by atoms with Crippen LogP contribution in [0, 0.1) is 5.92 Å². The third-order valence-corrected chi connectivity index (χ3v) is 2.56. The maximum absolute atomic E-state index is 11.8. The molecule has 1 aromatic rings. The van der Waals surface area contributed by atoms with Crippen molar-refractivity contribution in [3.8, 4) is 5.88 Å². The minimum absolute atomic E-state index is 0.0991. The number of carbonyl (C=O) groups excluding carboxylic acids is 1. The predicted molar refractivity (Wildman–Crippen MR) is 73.4 cm³/mol. The molecule has 0 amide bonds. The molecule has 0 spiro atoms. The Morgan fingerprint density at radius 1 is 1.42 bits per heavy atom. The largest absolute Gasteiger partial charge is 0.473 e. The molecule has 0 saturated heterocycles. The maximum Gasteiger partial charge on any atom is 0.435 e. The zero-order valence-corrected chi connectivity index (χ0v) is 12.6. The molecule has 0 bridgehead atoms. The smallest absolute Gasteiger partial charge is 0.435 e. The van der Waals surface area contributed by atoms with Crippen molar-refractivity contribution < 1.29 is 14.3 Å². The van der Waals surface area contributed by atoms with Crippen LogP contribution in [-0.4, -0.2) is 27.6 Å². The summed E-state index contributed by atoms with van der Waals surface area (Å²) in [5, 5.41) is 4.08. The Hall–Kier alpha value is -1.52. The van der Waals surface area contributed by atoms with Gasteiger partial charge in [0.05, 0.1) is 0 Å². The predicted octanol–water partition coefficient (Wildman–Crippen LogP) is 3.48. The third-order valence-electron chi connectivity index (χ3n) is 2.56. The summed E-state index contributed by atoms with van der Waals surface area (Å²) in [6.45, 7) is 11.7. The molecule has 0 aromatic carbocycles. The van der Waals surface area contributed by atoms with E-state index in [0.29, 0.717) is 11.8 Å². The lowest BCUT2D eigenvalue weighted by Crippen LogP contribution is -2.27. The van der Waals surface area contributed by atoms with Crippen LogP contribution in [0.25, 0.3) is 0 Å². The molecule has 0 saturated carbocycles. The fraction of sp³-hybridized carbons (Fsp3) is 0.714. The van der Waals surface area contributed by atoms with Crippen LogP contribution in [0.3, 0.4) is 0 Å². The van der Waals surface area contributed by atoms with Gasteiger partial charge in [-0.05, 0) is 33.1 Å². The summed E-state index contributed by atoms with van der Waals surface area (Å²) in [6, 6.07) is 1.68. The number of nitrogens with zero attached hydrogens (tertiary/aromatic N) is 2. The molecule has 5 nitrogen and oxygen atoms in total. The Kier molecular flexibility index (Phi) is 4.97. The van der Waals surface area contributed by atoms with E-state index in [9.17, 15) is 4.79 Å². The molecule has 108 valence electrons. The molecule has 1 unspecified atom stereocenters. The molecule has 0 radical (unpaired) electrons. The van der Waals surface area contributed by atoms with E-state index in [1.807, 2.05) is 20.8 Å². The van der Waals surface area contributed by atoms with Crippen LogP contribution in [0.5, 0.6) is 5.88 Å². The second-order valence-corrected chi connectivity index (χ2v) is 5.89. The standard InChI is InChI=1S/C14H24N2O3/c1-7-11(10(2)3)18-12-8-9-16(15-12)13(17)19-14(4,5)6/h8-11H,7H2,1-6H3. The van der Waals surface area contributed by atoms with Crippen molar-refractivity contribution in [2.24, 2.45) is 5.92 Å². The van der Waals surface area contributed by atoms with Crippen LogP contribution >= 0.6 is 0 Å². The Labute approximate surface area is 114 Å². The zero-order valence-electron chi connectivity index (χ0n) is 12.6. The molecule has 0 fully saturated rings. The monoisotopic (exact) mass is 268 g/mol. The van der Waals surface area contributed by atoms with Gasteiger partial charge in [0.15, 0.2) is 0 Å². The van der Waals surface area contributed by atoms with Gasteiger partial charge in [0.2, 0.25) is 5.88 Å². The van der Waals surface area contributed by atoms with E-state index in [4.69, 9.17) is 9.47 Å². The normalized spacial score (nSPS) is 13.4. The van der Waals surface area contributed by atoms with E-state index >= 15 is 0 Å². The van der Waals surface area contributed by atoms with E-state index in [1.54, 1.807) is 12.3 Å².